The summed E-state index contributed by atoms with van der Waals surface area (Å²) in [5.41, 5.74) is 18.0. The molecule has 16 nitrogen and oxygen atoms in total. The van der Waals surface area contributed by atoms with Crippen LogP contribution in [0, 0.1) is 5.92 Å². The summed E-state index contributed by atoms with van der Waals surface area (Å²) in [5.74, 6) is 0.179. The summed E-state index contributed by atoms with van der Waals surface area (Å²) in [7, 11) is 1.57. The van der Waals surface area contributed by atoms with Crippen molar-refractivity contribution in [2.45, 2.75) is 96.1 Å². The lowest BCUT2D eigenvalue weighted by atomic mass is 9.91. The number of imide groups is 1. The van der Waals surface area contributed by atoms with Crippen LogP contribution in [0.2, 0.25) is 0 Å². The van der Waals surface area contributed by atoms with Crippen LogP contribution in [0.15, 0.2) is 58.9 Å². The lowest BCUT2D eigenvalue weighted by molar-refractivity contribution is -0.447. The van der Waals surface area contributed by atoms with Crippen LogP contribution in [0.4, 0.5) is 25.8 Å². The van der Waals surface area contributed by atoms with Crippen molar-refractivity contribution in [3.05, 3.63) is 70.6 Å². The van der Waals surface area contributed by atoms with E-state index in [1.165, 1.54) is 25.4 Å². The van der Waals surface area contributed by atoms with Gasteiger partial charge in [-0.25, -0.2) is 13.4 Å². The van der Waals surface area contributed by atoms with Crippen molar-refractivity contribution in [1.29, 1.82) is 0 Å². The van der Waals surface area contributed by atoms with Gasteiger partial charge in [0.15, 0.2) is 0 Å². The number of nitrogens with zero attached hydrogens (tertiary/aromatic N) is 5. The highest BCUT2D eigenvalue weighted by atomic mass is 19.3. The van der Waals surface area contributed by atoms with Gasteiger partial charge in [-0.15, -0.1) is 0 Å². The number of allylic oxidation sites excluding steroid dienone is 1. The van der Waals surface area contributed by atoms with E-state index in [0.29, 0.717) is 98.4 Å². The molecule has 7 rings (SSSR count). The molecule has 354 valence electrons. The number of carbonyl (C=O) groups is 5. The Kier molecular flexibility index (Phi) is 15.8. The first kappa shape index (κ1) is 47.8. The van der Waals surface area contributed by atoms with E-state index in [4.69, 9.17) is 11.5 Å². The number of nitrogens with two attached hydrogens (primary N) is 2. The Morgan fingerprint density at radius 1 is 0.955 bits per heavy atom. The van der Waals surface area contributed by atoms with E-state index >= 15 is 0 Å². The topological polar surface area (TPSA) is 211 Å². The third-order valence-electron chi connectivity index (χ3n) is 13.5. The van der Waals surface area contributed by atoms with Crippen LogP contribution in [-0.4, -0.2) is 132 Å². The van der Waals surface area contributed by atoms with Gasteiger partial charge in [0.25, 0.3) is 12.3 Å². The van der Waals surface area contributed by atoms with Gasteiger partial charge < -0.3 is 31.5 Å². The standard InChI is InChI=1S/C48H63F2N11O5/c1-30(62)60-22-16-40(39(28-60)47(52)61-17-4-5-32-23-37(33(26-51)27-53-2)38(46(49)50)25-42(32)61)54-34-14-20-59(21-15-34)45(65)11-8-31-12-18-58(19-13-31)29-44(64)56-36-7-3-6-35(24-36)55-41-9-10-43(63)57-48(41)66/h3,6-7,23-27,31,34,41,46,55H,4-5,8-22,28-29H2,1-2H3,(H6,51,52,53,54,56,57,63,64,66)/p+1. The molecule has 0 aromatic heterocycles. The van der Waals surface area contributed by atoms with Crippen LogP contribution in [0.25, 0.3) is 5.57 Å². The molecule has 2 aromatic carbocycles. The van der Waals surface area contributed by atoms with Crippen LogP contribution in [-0.2, 0) is 30.4 Å². The first-order chi connectivity index (χ1) is 31.8. The monoisotopic (exact) mass is 913 g/mol. The molecule has 5 amide bonds. The zero-order chi connectivity index (χ0) is 46.9. The molecule has 8 N–H and O–H groups in total. The smallest absolute Gasteiger partial charge is 0.279 e. The Morgan fingerprint density at radius 3 is 2.41 bits per heavy atom. The summed E-state index contributed by atoms with van der Waals surface area (Å²) in [6.07, 6.45) is 7.34. The summed E-state index contributed by atoms with van der Waals surface area (Å²) < 4.78 is 31.0. The zero-order valence-corrected chi connectivity index (χ0v) is 38.1. The number of aliphatic imine (C=N–C) groups is 1. The summed E-state index contributed by atoms with van der Waals surface area (Å²) >= 11 is 0. The molecular weight excluding hydrogens is 849 g/mol. The molecule has 3 fully saturated rings. The number of nitrogens with one attached hydrogen (secondary N) is 4. The number of piperidine rings is 3. The summed E-state index contributed by atoms with van der Waals surface area (Å²) in [6, 6.07) is 10.1. The number of hydrogen-bond acceptors (Lipinski definition) is 10. The lowest BCUT2D eigenvalue weighted by Gasteiger charge is -2.36. The van der Waals surface area contributed by atoms with E-state index < -0.39 is 12.5 Å². The largest absolute Gasteiger partial charge is 0.404 e. The molecule has 1 unspecified atom stereocenters. The Bertz CT molecular complexity index is 2300. The lowest BCUT2D eigenvalue weighted by Crippen LogP contribution is -2.48. The number of benzene rings is 2. The number of aryl methyl sites for hydroxylation is 1. The zero-order valence-electron chi connectivity index (χ0n) is 38.1. The molecule has 3 saturated heterocycles. The quantitative estimate of drug-likeness (QED) is 0.0695. The van der Waals surface area contributed by atoms with Crippen LogP contribution in [0.1, 0.15) is 94.2 Å². The summed E-state index contributed by atoms with van der Waals surface area (Å²) in [5, 5.41) is 12.2. The van der Waals surface area contributed by atoms with Crippen molar-refractivity contribution < 1.29 is 37.3 Å². The molecule has 0 bridgehead atoms. The third-order valence-corrected chi connectivity index (χ3v) is 13.5. The maximum Gasteiger partial charge on any atom is 0.279 e. The first-order valence-corrected chi connectivity index (χ1v) is 23.2. The van der Waals surface area contributed by atoms with Crippen molar-refractivity contribution in [2.75, 3.05) is 70.0 Å². The first-order valence-electron chi connectivity index (χ1n) is 23.2. The number of alkyl halides is 2. The van der Waals surface area contributed by atoms with Crippen molar-refractivity contribution in [2.24, 2.45) is 22.4 Å². The van der Waals surface area contributed by atoms with Crippen molar-refractivity contribution >= 4 is 64.2 Å². The highest BCUT2D eigenvalue weighted by Gasteiger charge is 2.34. The van der Waals surface area contributed by atoms with Gasteiger partial charge in [0.1, 0.15) is 11.7 Å². The molecule has 5 aliphatic rings. The normalized spacial score (nSPS) is 21.2. The number of halogens is 2. The maximum atomic E-state index is 14.6. The number of anilines is 2. The summed E-state index contributed by atoms with van der Waals surface area (Å²) in [6.45, 7) is 5.96. The van der Waals surface area contributed by atoms with Crippen LogP contribution in [0.3, 0.4) is 0 Å². The number of likely N-dealkylation sites (tertiary alicyclic amines) is 2. The Balaban J connectivity index is 0.897. The van der Waals surface area contributed by atoms with Gasteiger partial charge in [0.05, 0.1) is 25.2 Å². The van der Waals surface area contributed by atoms with E-state index in [-0.39, 0.29) is 54.1 Å². The molecule has 0 aliphatic carbocycles. The fraction of sp³-hybridized carbons (Fsp3) is 0.521. The van der Waals surface area contributed by atoms with Crippen LogP contribution >= 0.6 is 0 Å². The number of carbonyl (C=O) groups excluding carboxylic acids is 5. The molecule has 0 radical (unpaired) electrons. The minimum atomic E-state index is -2.75. The predicted octanol–water partition coefficient (Wildman–Crippen LogP) is 4.01. The molecule has 18 heteroatoms. The highest BCUT2D eigenvalue weighted by Crippen LogP contribution is 2.37. The number of fused-ring (bicyclic) bond motifs is 1. The molecule has 5 aliphatic heterocycles. The molecular formula is C48H64F2N11O5+. The minimum absolute atomic E-state index is 0.0652. The van der Waals surface area contributed by atoms with Gasteiger partial charge in [-0.2, -0.15) is 0 Å². The maximum absolute atomic E-state index is 14.6. The number of amides is 5. The number of amidine groups is 1. The summed E-state index contributed by atoms with van der Waals surface area (Å²) in [4.78, 5) is 72.5. The average Bonchev–Trinajstić information content (AvgIpc) is 3.30. The van der Waals surface area contributed by atoms with Crippen molar-refractivity contribution in [1.82, 2.24) is 25.3 Å². The number of rotatable bonds is 14. The van der Waals surface area contributed by atoms with Gasteiger partial charge in [-0.3, -0.25) is 44.9 Å². The third kappa shape index (κ3) is 11.8. The predicted molar refractivity (Wildman–Crippen MR) is 250 cm³/mol. The van der Waals surface area contributed by atoms with E-state index in [2.05, 4.69) is 31.2 Å². The van der Waals surface area contributed by atoms with Crippen LogP contribution < -0.4 is 32.7 Å². The molecule has 66 heavy (non-hydrogen) atoms. The number of hydrogen-bond donors (Lipinski definition) is 6. The molecule has 0 saturated carbocycles. The van der Waals surface area contributed by atoms with E-state index in [1.54, 1.807) is 36.2 Å². The van der Waals surface area contributed by atoms with Gasteiger partial charge in [0, 0.05) is 99.5 Å². The van der Waals surface area contributed by atoms with Crippen molar-refractivity contribution in [3.8, 4) is 0 Å². The van der Waals surface area contributed by atoms with E-state index in [9.17, 15) is 32.8 Å². The van der Waals surface area contributed by atoms with E-state index in [1.807, 2.05) is 15.5 Å². The fourth-order valence-electron chi connectivity index (χ4n) is 9.82. The highest BCUT2D eigenvalue weighted by molar-refractivity contribution is 6.10. The Hall–Kier alpha value is -6.17. The second-order valence-electron chi connectivity index (χ2n) is 18.0. The molecule has 1 atom stereocenters. The fourth-order valence-corrected chi connectivity index (χ4v) is 9.82. The second-order valence-corrected chi connectivity index (χ2v) is 18.0. The Morgan fingerprint density at radius 2 is 1.71 bits per heavy atom. The van der Waals surface area contributed by atoms with Crippen LogP contribution in [0.5, 0.6) is 0 Å². The van der Waals surface area contributed by atoms with Gasteiger partial charge >= 0.3 is 0 Å². The van der Waals surface area contributed by atoms with E-state index in [0.717, 1.165) is 68.4 Å². The second kappa shape index (κ2) is 21.9. The minimum Gasteiger partial charge on any atom is -0.404 e. The van der Waals surface area contributed by atoms with Crippen molar-refractivity contribution in [3.63, 3.8) is 0 Å². The Labute approximate surface area is 385 Å². The molecule has 2 aromatic rings. The van der Waals surface area contributed by atoms with Gasteiger partial charge in [-0.1, -0.05) is 6.07 Å². The van der Waals surface area contributed by atoms with Gasteiger partial charge in [-0.05, 0) is 112 Å². The molecule has 0 spiro atoms. The SMILES string of the molecule is CN=CC(=CN)c1cc2c(cc1C(F)F)[N+](=C(N)C1=C(NC3CCN(C(=O)CCC4CCN(CC(=O)Nc5cccc(NC6CCC(=O)NC6=O)c5)CC4)CC3)CCN(C(C)=O)C1)CCC2. The van der Waals surface area contributed by atoms with Gasteiger partial charge in [0.2, 0.25) is 29.5 Å². The average molecular weight is 913 g/mol. The molecule has 5 heterocycles.